The second kappa shape index (κ2) is 16.5. The fraction of sp³-hybridized carbons (Fsp3) is 0.476. The quantitative estimate of drug-likeness (QED) is 0.135. The topological polar surface area (TPSA) is 134 Å². The number of ether oxygens (including phenoxy) is 6. The molecule has 3 aliphatic heterocycles. The summed E-state index contributed by atoms with van der Waals surface area (Å²) in [5, 5.41) is 25.9. The van der Waals surface area contributed by atoms with Gasteiger partial charge in [0.05, 0.1) is 44.5 Å². The van der Waals surface area contributed by atoms with E-state index in [-0.39, 0.29) is 36.4 Å². The van der Waals surface area contributed by atoms with Gasteiger partial charge in [0, 0.05) is 55.2 Å². The third-order valence-corrected chi connectivity index (χ3v) is 10.8. The number of hydrogen-bond acceptors (Lipinski definition) is 10. The molecule has 0 spiro atoms. The minimum absolute atomic E-state index is 0.144. The number of hydrogen-bond donors (Lipinski definition) is 4. The molecule has 0 aromatic heterocycles. The van der Waals surface area contributed by atoms with Crippen LogP contribution < -0.4 is 30.0 Å². The molecule has 0 bridgehead atoms. The SMILES string of the molecule is COCCCC1Oc2ccc(OC)cc2C(OCCC2=CCNC(N)=C2)C1C1COc2c(Cc3cccc(O)c3)cc(OC3CCCC3)cc2C1O. The number of aromatic hydroxyl groups is 1. The smallest absolute Gasteiger partial charge is 0.128 e. The van der Waals surface area contributed by atoms with Gasteiger partial charge in [0.1, 0.15) is 34.9 Å². The molecule has 0 amide bonds. The van der Waals surface area contributed by atoms with Gasteiger partial charge in [0.25, 0.3) is 0 Å². The molecular weight excluding hydrogens is 660 g/mol. The number of allylic oxidation sites excluding steroid dienone is 1. The molecule has 3 aromatic rings. The molecular formula is C42H52N2O8. The number of dihydropyridines is 1. The summed E-state index contributed by atoms with van der Waals surface area (Å²) >= 11 is 0. The Morgan fingerprint density at radius 3 is 2.62 bits per heavy atom. The van der Waals surface area contributed by atoms with E-state index in [9.17, 15) is 10.2 Å². The zero-order valence-corrected chi connectivity index (χ0v) is 30.2. The van der Waals surface area contributed by atoms with Crippen LogP contribution in [-0.4, -0.2) is 63.0 Å². The van der Waals surface area contributed by atoms with Gasteiger partial charge in [-0.15, -0.1) is 0 Å². The van der Waals surface area contributed by atoms with Crippen LogP contribution >= 0.6 is 0 Å². The van der Waals surface area contributed by atoms with Crippen LogP contribution in [0.1, 0.15) is 79.4 Å². The minimum atomic E-state index is -0.884. The van der Waals surface area contributed by atoms with Gasteiger partial charge in [-0.3, -0.25) is 0 Å². The van der Waals surface area contributed by atoms with E-state index in [1.807, 2.05) is 48.5 Å². The zero-order valence-electron chi connectivity index (χ0n) is 30.2. The number of phenolic OH excluding ortho intramolecular Hbond substituents is 1. The first-order valence-corrected chi connectivity index (χ1v) is 18.7. The molecule has 278 valence electrons. The van der Waals surface area contributed by atoms with Crippen LogP contribution in [0.5, 0.6) is 28.7 Å². The molecule has 0 radical (unpaired) electrons. The first kappa shape index (κ1) is 36.0. The Labute approximate surface area is 306 Å². The van der Waals surface area contributed by atoms with Gasteiger partial charge in [-0.1, -0.05) is 18.2 Å². The minimum Gasteiger partial charge on any atom is -0.508 e. The Hall–Kier alpha value is -4.38. The highest BCUT2D eigenvalue weighted by molar-refractivity contribution is 5.52. The molecule has 5 atom stereocenters. The van der Waals surface area contributed by atoms with Gasteiger partial charge in [0.15, 0.2) is 0 Å². The van der Waals surface area contributed by atoms with E-state index in [4.69, 9.17) is 34.2 Å². The molecule has 10 nitrogen and oxygen atoms in total. The molecule has 10 heteroatoms. The van der Waals surface area contributed by atoms with Crippen molar-refractivity contribution in [2.75, 3.05) is 40.6 Å². The van der Waals surface area contributed by atoms with Gasteiger partial charge in [-0.05, 0) is 105 Å². The summed E-state index contributed by atoms with van der Waals surface area (Å²) < 4.78 is 38.1. The number of nitrogens with one attached hydrogen (secondary N) is 1. The molecule has 1 saturated carbocycles. The Kier molecular flexibility index (Phi) is 11.4. The maximum Gasteiger partial charge on any atom is 0.128 e. The Morgan fingerprint density at radius 1 is 0.981 bits per heavy atom. The maximum absolute atomic E-state index is 12.5. The van der Waals surface area contributed by atoms with Crippen LogP contribution in [-0.2, 0) is 15.9 Å². The molecule has 5 unspecified atom stereocenters. The molecule has 52 heavy (non-hydrogen) atoms. The molecule has 0 saturated heterocycles. The molecule has 1 aliphatic carbocycles. The molecule has 3 aromatic carbocycles. The van der Waals surface area contributed by atoms with Crippen molar-refractivity contribution < 1.29 is 38.6 Å². The molecule has 3 heterocycles. The summed E-state index contributed by atoms with van der Waals surface area (Å²) in [4.78, 5) is 0. The lowest BCUT2D eigenvalue weighted by Gasteiger charge is -2.46. The van der Waals surface area contributed by atoms with E-state index in [0.717, 1.165) is 65.9 Å². The maximum atomic E-state index is 12.5. The third-order valence-electron chi connectivity index (χ3n) is 10.8. The average molecular weight is 713 g/mol. The number of fused-ring (bicyclic) bond motifs is 2. The first-order valence-electron chi connectivity index (χ1n) is 18.7. The second-order valence-electron chi connectivity index (χ2n) is 14.4. The van der Waals surface area contributed by atoms with Crippen molar-refractivity contribution in [2.45, 2.75) is 75.8 Å². The molecule has 7 rings (SSSR count). The van der Waals surface area contributed by atoms with Crippen molar-refractivity contribution in [1.29, 1.82) is 0 Å². The first-order chi connectivity index (χ1) is 25.4. The van der Waals surface area contributed by atoms with Crippen molar-refractivity contribution in [2.24, 2.45) is 17.6 Å². The van der Waals surface area contributed by atoms with Gasteiger partial charge in [0.2, 0.25) is 0 Å². The van der Waals surface area contributed by atoms with Crippen LogP contribution in [0.2, 0.25) is 0 Å². The normalized spacial score (nSPS) is 24.0. The number of benzene rings is 3. The summed E-state index contributed by atoms with van der Waals surface area (Å²) in [5.41, 5.74) is 10.6. The number of rotatable bonds is 14. The van der Waals surface area contributed by atoms with Crippen molar-refractivity contribution in [1.82, 2.24) is 5.32 Å². The van der Waals surface area contributed by atoms with Crippen molar-refractivity contribution >= 4 is 0 Å². The van der Waals surface area contributed by atoms with E-state index < -0.39 is 12.2 Å². The van der Waals surface area contributed by atoms with Crippen LogP contribution in [0, 0.1) is 11.8 Å². The summed E-state index contributed by atoms with van der Waals surface area (Å²) in [6.07, 6.45) is 9.69. The monoisotopic (exact) mass is 712 g/mol. The van der Waals surface area contributed by atoms with Crippen molar-refractivity contribution in [3.8, 4) is 28.7 Å². The highest BCUT2D eigenvalue weighted by Crippen LogP contribution is 2.52. The van der Waals surface area contributed by atoms with Gasteiger partial charge >= 0.3 is 0 Å². The summed E-state index contributed by atoms with van der Waals surface area (Å²) in [5.74, 6) is 3.08. The van der Waals surface area contributed by atoms with E-state index >= 15 is 0 Å². The van der Waals surface area contributed by atoms with Crippen molar-refractivity contribution in [3.05, 3.63) is 100 Å². The molecule has 5 N–H and O–H groups in total. The summed E-state index contributed by atoms with van der Waals surface area (Å²) in [7, 11) is 3.36. The van der Waals surface area contributed by atoms with Crippen LogP contribution in [0.15, 0.2) is 78.1 Å². The van der Waals surface area contributed by atoms with E-state index in [1.165, 1.54) is 0 Å². The lowest BCUT2D eigenvalue weighted by Crippen LogP contribution is -2.46. The second-order valence-corrected chi connectivity index (χ2v) is 14.4. The van der Waals surface area contributed by atoms with Gasteiger partial charge < -0.3 is 49.7 Å². The van der Waals surface area contributed by atoms with E-state index in [0.29, 0.717) is 61.9 Å². The largest absolute Gasteiger partial charge is 0.508 e. The summed E-state index contributed by atoms with van der Waals surface area (Å²) in [6, 6.07) is 17.1. The predicted molar refractivity (Wildman–Crippen MR) is 198 cm³/mol. The fourth-order valence-electron chi connectivity index (χ4n) is 8.28. The predicted octanol–water partition coefficient (Wildman–Crippen LogP) is 6.64. The van der Waals surface area contributed by atoms with Gasteiger partial charge in [-0.25, -0.2) is 0 Å². The van der Waals surface area contributed by atoms with E-state index in [2.05, 4.69) is 11.4 Å². The molecule has 1 fully saturated rings. The standard InChI is InChI=1S/C42H52N2O8/c1-47-17-6-11-37-39(42(33-23-31(48-2)12-13-36(33)52-37)49-18-15-26-14-16-44-38(43)21-26)35-25-50-41-28(19-27-7-5-8-29(45)20-27)22-32(24-34(41)40(35)46)51-30-9-3-4-10-30/h5,7-8,12-14,20-24,30,35,37,39-40,42,44-46H,3-4,6,9-11,15-19,25,43H2,1-2H3. The number of phenols is 1. The fourth-order valence-corrected chi connectivity index (χ4v) is 8.28. The average Bonchev–Trinajstić information content (AvgIpc) is 3.65. The third kappa shape index (κ3) is 8.14. The number of nitrogens with two attached hydrogens (primary N) is 1. The zero-order chi connectivity index (χ0) is 36.0. The lowest BCUT2D eigenvalue weighted by atomic mass is 9.72. The highest BCUT2D eigenvalue weighted by atomic mass is 16.5. The number of aliphatic hydroxyl groups is 1. The highest BCUT2D eigenvalue weighted by Gasteiger charge is 2.48. The van der Waals surface area contributed by atoms with Crippen molar-refractivity contribution in [3.63, 3.8) is 0 Å². The molecule has 4 aliphatic rings. The van der Waals surface area contributed by atoms with E-state index in [1.54, 1.807) is 26.4 Å². The number of aliphatic hydroxyl groups excluding tert-OH is 1. The number of methoxy groups -OCH3 is 2. The van der Waals surface area contributed by atoms with Crippen LogP contribution in [0.4, 0.5) is 0 Å². The lowest BCUT2D eigenvalue weighted by molar-refractivity contribution is -0.112. The Bertz CT molecular complexity index is 1750. The van der Waals surface area contributed by atoms with Crippen LogP contribution in [0.25, 0.3) is 0 Å². The van der Waals surface area contributed by atoms with Gasteiger partial charge in [-0.2, -0.15) is 0 Å². The summed E-state index contributed by atoms with van der Waals surface area (Å²) in [6.45, 7) is 2.00. The van der Waals surface area contributed by atoms with Crippen LogP contribution in [0.3, 0.4) is 0 Å². The Balaban J connectivity index is 1.25. The Morgan fingerprint density at radius 2 is 1.83 bits per heavy atom.